The number of aromatic carboxylic acids is 1. The number of hydrogen-bond acceptors (Lipinski definition) is 4. The molecule has 0 aliphatic heterocycles. The fourth-order valence-corrected chi connectivity index (χ4v) is 3.66. The Bertz CT molecular complexity index is 1170. The Kier molecular flexibility index (Phi) is 4.60. The van der Waals surface area contributed by atoms with E-state index in [1.807, 2.05) is 38.4 Å². The number of carbonyl (C=O) groups is 1. The van der Waals surface area contributed by atoms with Gasteiger partial charge >= 0.3 is 5.97 Å². The van der Waals surface area contributed by atoms with E-state index in [1.54, 1.807) is 12.1 Å². The number of imidazole rings is 2. The number of hydrogen-bond donors (Lipinski definition) is 1. The second kappa shape index (κ2) is 7.09. The predicted octanol–water partition coefficient (Wildman–Crippen LogP) is 3.27. The normalized spacial score (nSPS) is 11.7. The van der Waals surface area contributed by atoms with Crippen molar-refractivity contribution in [2.75, 3.05) is 7.05 Å². The third kappa shape index (κ3) is 3.14. The maximum atomic E-state index is 11.2. The third-order valence-corrected chi connectivity index (χ3v) is 5.09. The third-order valence-electron chi connectivity index (χ3n) is 5.09. The fourth-order valence-electron chi connectivity index (χ4n) is 3.66. The molecule has 0 aliphatic carbocycles. The highest BCUT2D eigenvalue weighted by Crippen LogP contribution is 2.20. The molecule has 1 N–H and O–H groups in total. The number of benzene rings is 2. The van der Waals surface area contributed by atoms with Crippen molar-refractivity contribution < 1.29 is 9.90 Å². The summed E-state index contributed by atoms with van der Waals surface area (Å²) in [7, 11) is 4.08. The van der Waals surface area contributed by atoms with E-state index in [1.165, 1.54) is 0 Å². The van der Waals surface area contributed by atoms with Crippen molar-refractivity contribution in [1.29, 1.82) is 0 Å². The maximum Gasteiger partial charge on any atom is 0.335 e. The summed E-state index contributed by atoms with van der Waals surface area (Å²) in [6.45, 7) is 4.19. The lowest BCUT2D eigenvalue weighted by Crippen LogP contribution is -2.21. The van der Waals surface area contributed by atoms with Gasteiger partial charge in [-0.15, -0.1) is 0 Å². The average molecular weight is 377 g/mol. The second-order valence-electron chi connectivity index (χ2n) is 7.03. The number of nitrogens with zero attached hydrogens (tertiary/aromatic N) is 5. The van der Waals surface area contributed by atoms with Gasteiger partial charge in [0.15, 0.2) is 0 Å². The van der Waals surface area contributed by atoms with E-state index in [0.29, 0.717) is 18.6 Å². The van der Waals surface area contributed by atoms with Crippen LogP contribution in [0.5, 0.6) is 0 Å². The molecular weight excluding hydrogens is 354 g/mol. The van der Waals surface area contributed by atoms with Crippen LogP contribution < -0.4 is 0 Å². The van der Waals surface area contributed by atoms with E-state index in [9.17, 15) is 9.90 Å². The number of para-hydroxylation sites is 2. The second-order valence-corrected chi connectivity index (χ2v) is 7.03. The van der Waals surface area contributed by atoms with Gasteiger partial charge in [-0.05, 0) is 44.3 Å². The van der Waals surface area contributed by atoms with Gasteiger partial charge in [-0.2, -0.15) is 0 Å². The van der Waals surface area contributed by atoms with Crippen molar-refractivity contribution in [1.82, 2.24) is 24.0 Å². The first kappa shape index (κ1) is 18.2. The van der Waals surface area contributed by atoms with Crippen molar-refractivity contribution in [2.24, 2.45) is 7.05 Å². The Balaban J connectivity index is 1.61. The standard InChI is InChI=1S/C21H23N5O2/c1-4-26-18-10-9-14(21(27)28)11-16(18)23-20(26)13-24(2)12-19-22-15-7-5-6-8-17(15)25(19)3/h5-11H,4,12-13H2,1-3H3,(H,27,28). The van der Waals surface area contributed by atoms with Crippen LogP contribution in [0.3, 0.4) is 0 Å². The van der Waals surface area contributed by atoms with Crippen molar-refractivity contribution in [3.8, 4) is 0 Å². The largest absolute Gasteiger partial charge is 0.478 e. The van der Waals surface area contributed by atoms with E-state index in [4.69, 9.17) is 9.97 Å². The van der Waals surface area contributed by atoms with Crippen LogP contribution in [0.2, 0.25) is 0 Å². The highest BCUT2D eigenvalue weighted by Gasteiger charge is 2.15. The van der Waals surface area contributed by atoms with Gasteiger partial charge < -0.3 is 14.2 Å². The lowest BCUT2D eigenvalue weighted by Gasteiger charge is -2.17. The molecule has 0 atom stereocenters. The average Bonchev–Trinajstić information content (AvgIpc) is 3.18. The molecule has 4 aromatic rings. The highest BCUT2D eigenvalue weighted by molar-refractivity contribution is 5.92. The van der Waals surface area contributed by atoms with Crippen LogP contribution in [0.15, 0.2) is 42.5 Å². The molecule has 144 valence electrons. The van der Waals surface area contributed by atoms with Crippen LogP contribution in [-0.4, -0.2) is 42.1 Å². The number of carboxylic acids is 1. The van der Waals surface area contributed by atoms with Gasteiger partial charge in [0.2, 0.25) is 0 Å². The van der Waals surface area contributed by atoms with Crippen molar-refractivity contribution in [3.63, 3.8) is 0 Å². The number of rotatable bonds is 6. The number of carboxylic acid groups (broad SMARTS) is 1. The SMILES string of the molecule is CCn1c(CN(C)Cc2nc3ccccc3n2C)nc2cc(C(=O)O)ccc21. The Morgan fingerprint density at radius 1 is 1.04 bits per heavy atom. The summed E-state index contributed by atoms with van der Waals surface area (Å²) in [5.74, 6) is 0.978. The van der Waals surface area contributed by atoms with Gasteiger partial charge in [0, 0.05) is 13.6 Å². The molecule has 4 rings (SSSR count). The molecule has 0 unspecified atom stereocenters. The van der Waals surface area contributed by atoms with Gasteiger partial charge in [-0.25, -0.2) is 14.8 Å². The molecule has 2 aromatic carbocycles. The Hall–Kier alpha value is -3.19. The molecule has 0 amide bonds. The maximum absolute atomic E-state index is 11.2. The number of aromatic nitrogens is 4. The van der Waals surface area contributed by atoms with E-state index in [-0.39, 0.29) is 5.56 Å². The monoisotopic (exact) mass is 377 g/mol. The molecule has 0 spiro atoms. The van der Waals surface area contributed by atoms with Gasteiger partial charge in [-0.1, -0.05) is 12.1 Å². The fraction of sp³-hybridized carbons (Fsp3) is 0.286. The minimum absolute atomic E-state index is 0.257. The van der Waals surface area contributed by atoms with E-state index in [2.05, 4.69) is 27.0 Å². The molecule has 0 radical (unpaired) electrons. The van der Waals surface area contributed by atoms with E-state index >= 15 is 0 Å². The molecule has 0 fully saturated rings. The zero-order valence-corrected chi connectivity index (χ0v) is 16.3. The van der Waals surface area contributed by atoms with E-state index < -0.39 is 5.97 Å². The summed E-state index contributed by atoms with van der Waals surface area (Å²) in [5, 5.41) is 9.22. The van der Waals surface area contributed by atoms with Crippen LogP contribution in [0, 0.1) is 0 Å². The van der Waals surface area contributed by atoms with Crippen molar-refractivity contribution in [2.45, 2.75) is 26.6 Å². The molecule has 28 heavy (non-hydrogen) atoms. The number of aryl methyl sites for hydroxylation is 2. The molecule has 0 bridgehead atoms. The quantitative estimate of drug-likeness (QED) is 0.558. The smallest absolute Gasteiger partial charge is 0.335 e. The van der Waals surface area contributed by atoms with Crippen molar-refractivity contribution in [3.05, 3.63) is 59.7 Å². The molecule has 7 heteroatoms. The highest BCUT2D eigenvalue weighted by atomic mass is 16.4. The minimum Gasteiger partial charge on any atom is -0.478 e. The zero-order valence-electron chi connectivity index (χ0n) is 16.3. The lowest BCUT2D eigenvalue weighted by atomic mass is 10.2. The van der Waals surface area contributed by atoms with E-state index in [0.717, 1.165) is 34.7 Å². The molecule has 0 aliphatic rings. The summed E-state index contributed by atoms with van der Waals surface area (Å²) in [5.41, 5.74) is 4.04. The Morgan fingerprint density at radius 2 is 1.75 bits per heavy atom. The van der Waals surface area contributed by atoms with Crippen LogP contribution in [0.1, 0.15) is 28.9 Å². The van der Waals surface area contributed by atoms with Gasteiger partial charge in [-0.3, -0.25) is 4.90 Å². The van der Waals surface area contributed by atoms with Crippen LogP contribution >= 0.6 is 0 Å². The van der Waals surface area contributed by atoms with Crippen molar-refractivity contribution >= 4 is 28.0 Å². The first-order valence-electron chi connectivity index (χ1n) is 9.29. The van der Waals surface area contributed by atoms with Crippen LogP contribution in [0.4, 0.5) is 0 Å². The molecular formula is C21H23N5O2. The molecule has 2 aromatic heterocycles. The summed E-state index contributed by atoms with van der Waals surface area (Å²) < 4.78 is 4.25. The van der Waals surface area contributed by atoms with Crippen LogP contribution in [0.25, 0.3) is 22.1 Å². The summed E-state index contributed by atoms with van der Waals surface area (Å²) in [6.07, 6.45) is 0. The number of fused-ring (bicyclic) bond motifs is 2. The molecule has 0 saturated carbocycles. The first-order valence-corrected chi connectivity index (χ1v) is 9.29. The van der Waals surface area contributed by atoms with Gasteiger partial charge in [0.1, 0.15) is 11.6 Å². The lowest BCUT2D eigenvalue weighted by molar-refractivity contribution is 0.0697. The predicted molar refractivity (Wildman–Crippen MR) is 108 cm³/mol. The van der Waals surface area contributed by atoms with Crippen LogP contribution in [-0.2, 0) is 26.7 Å². The summed E-state index contributed by atoms with van der Waals surface area (Å²) in [6, 6.07) is 13.2. The zero-order chi connectivity index (χ0) is 19.8. The van der Waals surface area contributed by atoms with Gasteiger partial charge in [0.05, 0.1) is 40.7 Å². The minimum atomic E-state index is -0.937. The summed E-state index contributed by atoms with van der Waals surface area (Å²) in [4.78, 5) is 22.9. The summed E-state index contributed by atoms with van der Waals surface area (Å²) >= 11 is 0. The first-order chi connectivity index (χ1) is 13.5. The Labute approximate surface area is 162 Å². The topological polar surface area (TPSA) is 76.2 Å². The Morgan fingerprint density at radius 3 is 2.46 bits per heavy atom. The molecule has 2 heterocycles. The van der Waals surface area contributed by atoms with Gasteiger partial charge in [0.25, 0.3) is 0 Å². The molecule has 7 nitrogen and oxygen atoms in total. The molecule has 0 saturated heterocycles.